The standard InChI is InChI=1S/C26H33ClO10/c1-12-7-8-17(34-14(3)28)24(6)18(35-15(4)29)9-10-25(11-33-25)20(24)22(36-16(5)30)26(32)13(2)23(31)37-21(26)19(12)27/h7-8,13,17-22,32H,1,9-11H2,2-6H3/b8-7-/t13-,17+,18-,19-,20+,21-,22-,24-,25-,26-/m0/s1. The van der Waals surface area contributed by atoms with Gasteiger partial charge in [-0.1, -0.05) is 19.6 Å². The molecule has 4 rings (SSSR count). The molecule has 11 heteroatoms. The lowest BCUT2D eigenvalue weighted by molar-refractivity contribution is -0.238. The molecule has 3 fully saturated rings. The molecule has 2 aliphatic heterocycles. The van der Waals surface area contributed by atoms with Crippen LogP contribution in [-0.2, 0) is 42.9 Å². The average Bonchev–Trinajstić information content (AvgIpc) is 3.53. The summed E-state index contributed by atoms with van der Waals surface area (Å²) < 4.78 is 29.0. The SMILES string of the molecule is C=C1/C=C\[C@@H](OC(C)=O)[C@@]2(C)[C@@H](OC(C)=O)CC[C@]3(CO3)[C@@H]2[C@H](OC(C)=O)[C@]2(O)[C@@H](C)C(=O)O[C@H]2[C@H]1Cl. The Balaban J connectivity index is 2.04. The Morgan fingerprint density at radius 1 is 1.14 bits per heavy atom. The molecule has 1 spiro atoms. The predicted molar refractivity (Wildman–Crippen MR) is 128 cm³/mol. The molecule has 2 heterocycles. The monoisotopic (exact) mass is 540 g/mol. The van der Waals surface area contributed by atoms with E-state index in [0.717, 1.165) is 0 Å². The van der Waals surface area contributed by atoms with Crippen LogP contribution in [0, 0.1) is 17.3 Å². The third kappa shape index (κ3) is 4.36. The summed E-state index contributed by atoms with van der Waals surface area (Å²) in [7, 11) is 0. The van der Waals surface area contributed by atoms with Gasteiger partial charge in [0.05, 0.1) is 28.9 Å². The molecule has 0 bridgehead atoms. The van der Waals surface area contributed by atoms with Crippen LogP contribution in [0.25, 0.3) is 0 Å². The number of fused-ring (bicyclic) bond motifs is 3. The fourth-order valence-corrected chi connectivity index (χ4v) is 6.82. The molecule has 10 nitrogen and oxygen atoms in total. The molecule has 37 heavy (non-hydrogen) atoms. The van der Waals surface area contributed by atoms with Crippen LogP contribution >= 0.6 is 11.6 Å². The molecule has 204 valence electrons. The highest BCUT2D eigenvalue weighted by Gasteiger charge is 2.75. The second-order valence-corrected chi connectivity index (χ2v) is 11.2. The van der Waals surface area contributed by atoms with Crippen LogP contribution in [0.5, 0.6) is 0 Å². The first-order valence-corrected chi connectivity index (χ1v) is 12.7. The molecule has 0 aromatic carbocycles. The lowest BCUT2D eigenvalue weighted by Crippen LogP contribution is -2.70. The van der Waals surface area contributed by atoms with Crippen molar-refractivity contribution in [2.75, 3.05) is 6.61 Å². The highest BCUT2D eigenvalue weighted by Crippen LogP contribution is 2.62. The number of aliphatic hydroxyl groups is 1. The maximum Gasteiger partial charge on any atom is 0.312 e. The second-order valence-electron chi connectivity index (χ2n) is 10.7. The molecule has 2 aliphatic carbocycles. The van der Waals surface area contributed by atoms with Crippen molar-refractivity contribution >= 4 is 35.5 Å². The highest BCUT2D eigenvalue weighted by molar-refractivity contribution is 6.23. The molecule has 0 aromatic rings. The molecule has 4 aliphatic rings. The number of esters is 4. The number of allylic oxidation sites excluding steroid dienone is 1. The van der Waals surface area contributed by atoms with Gasteiger partial charge < -0.3 is 28.8 Å². The van der Waals surface area contributed by atoms with Crippen molar-refractivity contribution in [3.63, 3.8) is 0 Å². The number of alkyl halides is 1. The van der Waals surface area contributed by atoms with Gasteiger partial charge in [0.1, 0.15) is 18.3 Å². The first kappa shape index (κ1) is 27.6. The Morgan fingerprint density at radius 3 is 2.27 bits per heavy atom. The molecule has 0 aromatic heterocycles. The molecule has 10 atom stereocenters. The minimum atomic E-state index is -2.12. The zero-order valence-corrected chi connectivity index (χ0v) is 22.3. The van der Waals surface area contributed by atoms with E-state index in [2.05, 4.69) is 6.58 Å². The summed E-state index contributed by atoms with van der Waals surface area (Å²) in [5.74, 6) is -4.66. The number of carbonyl (C=O) groups excluding carboxylic acids is 4. The summed E-state index contributed by atoms with van der Waals surface area (Å²) in [5.41, 5.74) is -4.05. The molecule has 1 saturated carbocycles. The molecule has 0 unspecified atom stereocenters. The van der Waals surface area contributed by atoms with E-state index >= 15 is 0 Å². The van der Waals surface area contributed by atoms with Gasteiger partial charge in [-0.25, -0.2) is 0 Å². The summed E-state index contributed by atoms with van der Waals surface area (Å²) in [6.45, 7) is 11.1. The van der Waals surface area contributed by atoms with Crippen molar-refractivity contribution < 1.29 is 48.0 Å². The van der Waals surface area contributed by atoms with Gasteiger partial charge in [0.15, 0.2) is 11.7 Å². The van der Waals surface area contributed by atoms with Crippen molar-refractivity contribution in [2.24, 2.45) is 17.3 Å². The van der Waals surface area contributed by atoms with E-state index in [-0.39, 0.29) is 12.2 Å². The zero-order valence-electron chi connectivity index (χ0n) is 21.5. The predicted octanol–water partition coefficient (Wildman–Crippen LogP) is 1.99. The van der Waals surface area contributed by atoms with Gasteiger partial charge in [0, 0.05) is 26.7 Å². The lowest BCUT2D eigenvalue weighted by Gasteiger charge is -2.56. The fraction of sp³-hybridized carbons (Fsp3) is 0.692. The largest absolute Gasteiger partial charge is 0.462 e. The van der Waals surface area contributed by atoms with E-state index in [1.54, 1.807) is 13.0 Å². The smallest absolute Gasteiger partial charge is 0.312 e. The molecule has 1 N–H and O–H groups in total. The van der Waals surface area contributed by atoms with Crippen LogP contribution in [0.2, 0.25) is 0 Å². The first-order valence-electron chi connectivity index (χ1n) is 12.3. The van der Waals surface area contributed by atoms with Gasteiger partial charge in [-0.2, -0.15) is 0 Å². The van der Waals surface area contributed by atoms with E-state index in [0.29, 0.717) is 12.8 Å². The quantitative estimate of drug-likeness (QED) is 0.245. The van der Waals surface area contributed by atoms with Crippen molar-refractivity contribution in [2.45, 2.75) is 88.5 Å². The maximum atomic E-state index is 12.9. The Labute approximate surface area is 220 Å². The molecule has 0 amide bonds. The summed E-state index contributed by atoms with van der Waals surface area (Å²) in [5, 5.41) is 11.3. The number of rotatable bonds is 3. The third-order valence-electron chi connectivity index (χ3n) is 8.39. The number of ether oxygens (including phenoxy) is 5. The Hall–Kier alpha value is -2.43. The van der Waals surface area contributed by atoms with E-state index < -0.39 is 82.1 Å². The van der Waals surface area contributed by atoms with Crippen LogP contribution in [0.3, 0.4) is 0 Å². The molecule has 2 saturated heterocycles. The fourth-order valence-electron chi connectivity index (χ4n) is 6.49. The molecule has 0 radical (unpaired) electrons. The lowest BCUT2D eigenvalue weighted by atomic mass is 9.53. The number of carbonyl (C=O) groups is 4. The van der Waals surface area contributed by atoms with E-state index in [9.17, 15) is 24.3 Å². The van der Waals surface area contributed by atoms with Crippen molar-refractivity contribution in [3.8, 4) is 0 Å². The van der Waals surface area contributed by atoms with Crippen molar-refractivity contribution in [3.05, 3.63) is 24.3 Å². The Morgan fingerprint density at radius 2 is 1.73 bits per heavy atom. The van der Waals surface area contributed by atoms with E-state index in [1.165, 1.54) is 33.8 Å². The maximum absolute atomic E-state index is 12.9. The van der Waals surface area contributed by atoms with Crippen LogP contribution in [-0.4, -0.2) is 76.6 Å². The Bertz CT molecular complexity index is 1050. The number of epoxide rings is 1. The highest BCUT2D eigenvalue weighted by atomic mass is 35.5. The Kier molecular flexibility index (Phi) is 7.01. The number of hydrogen-bond donors (Lipinski definition) is 1. The minimum absolute atomic E-state index is 0.259. The second kappa shape index (κ2) is 9.39. The zero-order chi connectivity index (χ0) is 27.5. The first-order chi connectivity index (χ1) is 17.2. The van der Waals surface area contributed by atoms with Crippen LogP contribution < -0.4 is 0 Å². The topological polar surface area (TPSA) is 138 Å². The molecular weight excluding hydrogens is 508 g/mol. The molecular formula is C26H33ClO10. The van der Waals surface area contributed by atoms with Crippen molar-refractivity contribution in [1.29, 1.82) is 0 Å². The summed E-state index contributed by atoms with van der Waals surface area (Å²) in [6, 6.07) is 0. The summed E-state index contributed by atoms with van der Waals surface area (Å²) in [4.78, 5) is 49.9. The number of halogens is 1. The van der Waals surface area contributed by atoms with Crippen molar-refractivity contribution in [1.82, 2.24) is 0 Å². The average molecular weight is 541 g/mol. The normalized spacial score (nSPS) is 45.6. The van der Waals surface area contributed by atoms with E-state index in [4.69, 9.17) is 35.3 Å². The van der Waals surface area contributed by atoms with E-state index in [1.807, 2.05) is 0 Å². The van der Waals surface area contributed by atoms with Gasteiger partial charge >= 0.3 is 23.9 Å². The summed E-state index contributed by atoms with van der Waals surface area (Å²) in [6.07, 6.45) is -0.716. The van der Waals surface area contributed by atoms with Gasteiger partial charge in [-0.15, -0.1) is 11.6 Å². The number of hydrogen-bond acceptors (Lipinski definition) is 10. The van der Waals surface area contributed by atoms with Gasteiger partial charge in [-0.3, -0.25) is 19.2 Å². The van der Waals surface area contributed by atoms with Gasteiger partial charge in [0.25, 0.3) is 0 Å². The minimum Gasteiger partial charge on any atom is -0.462 e. The van der Waals surface area contributed by atoms with Crippen LogP contribution in [0.15, 0.2) is 24.3 Å². The van der Waals surface area contributed by atoms with Crippen LogP contribution in [0.1, 0.15) is 47.5 Å². The van der Waals surface area contributed by atoms with Gasteiger partial charge in [-0.05, 0) is 31.4 Å². The van der Waals surface area contributed by atoms with Gasteiger partial charge in [0.2, 0.25) is 0 Å². The van der Waals surface area contributed by atoms with Crippen LogP contribution in [0.4, 0.5) is 0 Å². The summed E-state index contributed by atoms with van der Waals surface area (Å²) >= 11 is 6.70. The third-order valence-corrected chi connectivity index (χ3v) is 8.90.